The van der Waals surface area contributed by atoms with E-state index in [4.69, 9.17) is 9.15 Å². The number of furan rings is 1. The lowest BCUT2D eigenvalue weighted by molar-refractivity contribution is -0.277. The van der Waals surface area contributed by atoms with E-state index < -0.39 is 5.88 Å². The van der Waals surface area contributed by atoms with Crippen LogP contribution in [0.5, 0.6) is 11.6 Å². The highest BCUT2D eigenvalue weighted by molar-refractivity contribution is 5.95. The van der Waals surface area contributed by atoms with Crippen LogP contribution < -0.4 is 9.84 Å². The van der Waals surface area contributed by atoms with Crippen molar-refractivity contribution in [1.29, 1.82) is 0 Å². The number of fused-ring (bicyclic) bond motifs is 1. The van der Waals surface area contributed by atoms with E-state index in [2.05, 4.69) is 10.2 Å². The molecule has 0 atom stereocenters. The zero-order valence-corrected chi connectivity index (χ0v) is 9.58. The highest BCUT2D eigenvalue weighted by atomic mass is 16.5. The van der Waals surface area contributed by atoms with Crippen molar-refractivity contribution < 1.29 is 14.3 Å². The van der Waals surface area contributed by atoms with Gasteiger partial charge in [-0.25, -0.2) is 0 Å². The van der Waals surface area contributed by atoms with Crippen LogP contribution in [0.2, 0.25) is 0 Å². The van der Waals surface area contributed by atoms with Crippen molar-refractivity contribution in [1.82, 2.24) is 10.2 Å². The van der Waals surface area contributed by atoms with Gasteiger partial charge in [-0.15, -0.1) is 0 Å². The van der Waals surface area contributed by atoms with Gasteiger partial charge in [-0.3, -0.25) is 0 Å². The molecule has 3 rings (SSSR count). The van der Waals surface area contributed by atoms with Crippen molar-refractivity contribution in [2.45, 2.75) is 0 Å². The summed E-state index contributed by atoms with van der Waals surface area (Å²) in [7, 11) is 1.44. The van der Waals surface area contributed by atoms with E-state index in [0.717, 1.165) is 16.5 Å². The Balaban J connectivity index is 2.32. The number of benzene rings is 1. The van der Waals surface area contributed by atoms with Crippen molar-refractivity contribution in [2.75, 3.05) is 7.11 Å². The quantitative estimate of drug-likeness (QED) is 0.686. The largest absolute Gasteiger partial charge is 0.855 e. The Labute approximate surface area is 103 Å². The number of hydrogen-bond acceptors (Lipinski definition) is 5. The van der Waals surface area contributed by atoms with Crippen molar-refractivity contribution in [3.8, 4) is 22.8 Å². The number of aromatic nitrogens is 2. The lowest BCUT2D eigenvalue weighted by Gasteiger charge is -2.14. The average Bonchev–Trinajstić information content (AvgIpc) is 2.86. The fourth-order valence-electron chi connectivity index (χ4n) is 1.98. The molecule has 0 bridgehead atoms. The van der Waals surface area contributed by atoms with E-state index >= 15 is 0 Å². The van der Waals surface area contributed by atoms with Crippen LogP contribution in [0.1, 0.15) is 0 Å². The minimum atomic E-state index is -0.476. The molecule has 18 heavy (non-hydrogen) atoms. The average molecular weight is 241 g/mol. The summed E-state index contributed by atoms with van der Waals surface area (Å²) in [6.07, 6.45) is 3.12. The van der Waals surface area contributed by atoms with Crippen LogP contribution in [0, 0.1) is 0 Å². The lowest BCUT2D eigenvalue weighted by atomic mass is 10.0. The Morgan fingerprint density at radius 1 is 1.22 bits per heavy atom. The highest BCUT2D eigenvalue weighted by Crippen LogP contribution is 2.37. The third-order valence-electron chi connectivity index (χ3n) is 2.76. The van der Waals surface area contributed by atoms with E-state index in [1.807, 2.05) is 24.3 Å². The summed E-state index contributed by atoms with van der Waals surface area (Å²) in [6.45, 7) is 0. The predicted octanol–water partition coefficient (Wildman–Crippen LogP) is 1.97. The molecule has 0 spiro atoms. The van der Waals surface area contributed by atoms with Crippen molar-refractivity contribution in [3.05, 3.63) is 36.7 Å². The summed E-state index contributed by atoms with van der Waals surface area (Å²) in [5.74, 6) is -0.283. The molecule has 0 radical (unpaired) electrons. The Bertz CT molecular complexity index is 706. The smallest absolute Gasteiger partial charge is 0.140 e. The molecule has 0 aliphatic heterocycles. The van der Waals surface area contributed by atoms with Crippen LogP contribution >= 0.6 is 0 Å². The van der Waals surface area contributed by atoms with Crippen molar-refractivity contribution in [2.24, 2.45) is 0 Å². The molecular formula is C13H9N2O3-. The minimum Gasteiger partial charge on any atom is -0.855 e. The molecule has 0 saturated heterocycles. The van der Waals surface area contributed by atoms with Crippen LogP contribution in [0.3, 0.4) is 0 Å². The molecule has 0 fully saturated rings. The molecule has 2 heterocycles. The molecule has 5 heteroatoms. The van der Waals surface area contributed by atoms with Crippen LogP contribution in [0.25, 0.3) is 22.1 Å². The first-order valence-electron chi connectivity index (χ1n) is 5.34. The van der Waals surface area contributed by atoms with Gasteiger partial charge in [0.1, 0.15) is 11.3 Å². The molecule has 0 aliphatic rings. The number of rotatable bonds is 2. The van der Waals surface area contributed by atoms with E-state index in [0.29, 0.717) is 5.56 Å². The maximum absolute atomic E-state index is 11.6. The topological polar surface area (TPSA) is 71.2 Å². The highest BCUT2D eigenvalue weighted by Gasteiger charge is 2.12. The summed E-state index contributed by atoms with van der Waals surface area (Å²) < 4.78 is 10.4. The second-order valence-electron chi connectivity index (χ2n) is 3.73. The summed E-state index contributed by atoms with van der Waals surface area (Å²) in [6, 6.07) is 7.44. The van der Waals surface area contributed by atoms with Gasteiger partial charge in [0.2, 0.25) is 0 Å². The Kier molecular flexibility index (Phi) is 2.37. The zero-order valence-electron chi connectivity index (χ0n) is 9.58. The first-order chi connectivity index (χ1) is 8.81. The number of hydrogen-bond donors (Lipinski definition) is 0. The van der Waals surface area contributed by atoms with Gasteiger partial charge < -0.3 is 14.3 Å². The number of methoxy groups -OCH3 is 1. The Morgan fingerprint density at radius 2 is 2.11 bits per heavy atom. The Morgan fingerprint density at radius 3 is 2.94 bits per heavy atom. The third kappa shape index (κ3) is 1.48. The molecule has 0 unspecified atom stereocenters. The summed E-state index contributed by atoms with van der Waals surface area (Å²) in [5, 5.41) is 19.6. The molecular weight excluding hydrogens is 232 g/mol. The number of ether oxygens (including phenoxy) is 1. The third-order valence-corrected chi connectivity index (χ3v) is 2.76. The molecule has 0 amide bonds. The van der Waals surface area contributed by atoms with Gasteiger partial charge in [0.05, 0.1) is 25.4 Å². The molecule has 3 aromatic rings. The summed E-state index contributed by atoms with van der Waals surface area (Å²) in [5.41, 5.74) is 2.20. The zero-order chi connectivity index (χ0) is 12.5. The van der Waals surface area contributed by atoms with Crippen LogP contribution in [-0.4, -0.2) is 17.3 Å². The van der Waals surface area contributed by atoms with E-state index in [1.54, 1.807) is 6.26 Å². The van der Waals surface area contributed by atoms with Gasteiger partial charge in [-0.1, -0.05) is 12.1 Å². The van der Waals surface area contributed by atoms with Crippen molar-refractivity contribution in [3.63, 3.8) is 0 Å². The molecule has 2 aromatic heterocycles. The van der Waals surface area contributed by atoms with Crippen LogP contribution in [0.4, 0.5) is 0 Å². The van der Waals surface area contributed by atoms with Gasteiger partial charge in [-0.05, 0) is 17.7 Å². The van der Waals surface area contributed by atoms with E-state index in [-0.39, 0.29) is 5.75 Å². The molecule has 90 valence electrons. The second-order valence-corrected chi connectivity index (χ2v) is 3.73. The molecule has 1 aromatic carbocycles. The van der Waals surface area contributed by atoms with E-state index in [1.165, 1.54) is 13.3 Å². The monoisotopic (exact) mass is 241 g/mol. The maximum Gasteiger partial charge on any atom is 0.140 e. The normalized spacial score (nSPS) is 10.7. The first kappa shape index (κ1) is 10.6. The fraction of sp³-hybridized carbons (Fsp3) is 0.0769. The van der Waals surface area contributed by atoms with Crippen LogP contribution in [0.15, 0.2) is 41.1 Å². The fourth-order valence-corrected chi connectivity index (χ4v) is 1.98. The van der Waals surface area contributed by atoms with Crippen molar-refractivity contribution >= 4 is 11.0 Å². The summed E-state index contributed by atoms with van der Waals surface area (Å²) in [4.78, 5) is 0. The standard InChI is InChI=1S/C13H10N2O3/c1-17-12-10(7-14-15-13(12)16)8-3-2-4-11-9(8)5-6-18-11/h2-7H,1H3,(H,15,16)/p-1. The van der Waals surface area contributed by atoms with Gasteiger partial charge >= 0.3 is 0 Å². The van der Waals surface area contributed by atoms with Crippen LogP contribution in [-0.2, 0) is 0 Å². The van der Waals surface area contributed by atoms with Gasteiger partial charge in [0, 0.05) is 10.9 Å². The van der Waals surface area contributed by atoms with Gasteiger partial charge in [0.25, 0.3) is 0 Å². The second kappa shape index (κ2) is 4.03. The molecule has 0 N–H and O–H groups in total. The lowest BCUT2D eigenvalue weighted by Crippen LogP contribution is -2.01. The predicted molar refractivity (Wildman–Crippen MR) is 63.2 cm³/mol. The molecule has 0 saturated carbocycles. The van der Waals surface area contributed by atoms with E-state index in [9.17, 15) is 5.11 Å². The van der Waals surface area contributed by atoms with Gasteiger partial charge in [-0.2, -0.15) is 10.2 Å². The number of nitrogens with zero attached hydrogens (tertiary/aromatic N) is 2. The Hall–Kier alpha value is -2.56. The van der Waals surface area contributed by atoms with Gasteiger partial charge in [0.15, 0.2) is 0 Å². The molecule has 0 aliphatic carbocycles. The SMILES string of the molecule is COc1c(-c2cccc3occc23)cnnc1[O-]. The first-order valence-corrected chi connectivity index (χ1v) is 5.34. The summed E-state index contributed by atoms with van der Waals surface area (Å²) >= 11 is 0. The maximum atomic E-state index is 11.6. The minimum absolute atomic E-state index is 0.193. The molecule has 5 nitrogen and oxygen atoms in total.